The molecule has 5 nitrogen and oxygen atoms in total. The van der Waals surface area contributed by atoms with Gasteiger partial charge in [0.15, 0.2) is 0 Å². The maximum Gasteiger partial charge on any atom is 0.222 e. The number of hydrogen-bond donors (Lipinski definition) is 1. The SMILES string of the molecule is CC(C)CC(=O)N1CCN(C(=O)CCC(C)(C)N)CC1. The van der Waals surface area contributed by atoms with E-state index in [0.29, 0.717) is 51.4 Å². The fourth-order valence-electron chi connectivity index (χ4n) is 2.27. The molecule has 0 bridgehead atoms. The Hall–Kier alpha value is -1.10. The van der Waals surface area contributed by atoms with E-state index in [0.717, 1.165) is 0 Å². The molecule has 2 amide bonds. The molecular weight excluding hydrogens is 254 g/mol. The predicted molar refractivity (Wildman–Crippen MR) is 80.1 cm³/mol. The van der Waals surface area contributed by atoms with Gasteiger partial charge in [0.05, 0.1) is 0 Å². The van der Waals surface area contributed by atoms with Crippen molar-refractivity contribution in [1.82, 2.24) is 9.80 Å². The summed E-state index contributed by atoms with van der Waals surface area (Å²) in [7, 11) is 0. The highest BCUT2D eigenvalue weighted by atomic mass is 16.2. The topological polar surface area (TPSA) is 66.6 Å². The molecule has 2 N–H and O–H groups in total. The molecule has 0 aromatic rings. The molecule has 0 aromatic carbocycles. The highest BCUT2D eigenvalue weighted by molar-refractivity contribution is 5.78. The third-order valence-electron chi connectivity index (χ3n) is 3.55. The zero-order valence-electron chi connectivity index (χ0n) is 13.3. The van der Waals surface area contributed by atoms with Gasteiger partial charge in [0.25, 0.3) is 0 Å². The van der Waals surface area contributed by atoms with Gasteiger partial charge in [-0.15, -0.1) is 0 Å². The fraction of sp³-hybridized carbons (Fsp3) is 0.867. The second kappa shape index (κ2) is 7.07. The van der Waals surface area contributed by atoms with Gasteiger partial charge in [0, 0.05) is 44.6 Å². The molecule has 0 atom stereocenters. The van der Waals surface area contributed by atoms with Crippen LogP contribution in [0.2, 0.25) is 0 Å². The minimum absolute atomic E-state index is 0.152. The molecule has 1 rings (SSSR count). The van der Waals surface area contributed by atoms with E-state index in [1.54, 1.807) is 0 Å². The second-order valence-electron chi connectivity index (χ2n) is 6.85. The molecule has 20 heavy (non-hydrogen) atoms. The highest BCUT2D eigenvalue weighted by Gasteiger charge is 2.25. The highest BCUT2D eigenvalue weighted by Crippen LogP contribution is 2.12. The van der Waals surface area contributed by atoms with Crippen molar-refractivity contribution in [1.29, 1.82) is 0 Å². The first-order valence-electron chi connectivity index (χ1n) is 7.53. The van der Waals surface area contributed by atoms with Crippen LogP contribution in [0.4, 0.5) is 0 Å². The largest absolute Gasteiger partial charge is 0.339 e. The van der Waals surface area contributed by atoms with E-state index >= 15 is 0 Å². The van der Waals surface area contributed by atoms with Crippen molar-refractivity contribution < 1.29 is 9.59 Å². The normalized spacial score (nSPS) is 16.7. The lowest BCUT2D eigenvalue weighted by atomic mass is 9.99. The maximum atomic E-state index is 12.1. The molecule has 0 spiro atoms. The lowest BCUT2D eigenvalue weighted by Crippen LogP contribution is -2.51. The monoisotopic (exact) mass is 283 g/mol. The number of piperazine rings is 1. The van der Waals surface area contributed by atoms with Crippen LogP contribution in [0.5, 0.6) is 0 Å². The first-order chi connectivity index (χ1) is 9.19. The van der Waals surface area contributed by atoms with Crippen LogP contribution in [0, 0.1) is 5.92 Å². The molecule has 0 unspecified atom stereocenters. The van der Waals surface area contributed by atoms with E-state index < -0.39 is 0 Å². The first-order valence-corrected chi connectivity index (χ1v) is 7.53. The van der Waals surface area contributed by atoms with Crippen LogP contribution >= 0.6 is 0 Å². The number of carbonyl (C=O) groups excluding carboxylic acids is 2. The lowest BCUT2D eigenvalue weighted by Gasteiger charge is -2.35. The van der Waals surface area contributed by atoms with Crippen molar-refractivity contribution in [3.05, 3.63) is 0 Å². The third kappa shape index (κ3) is 5.90. The summed E-state index contributed by atoms with van der Waals surface area (Å²) in [6, 6.07) is 0. The Bertz CT molecular complexity index is 340. The summed E-state index contributed by atoms with van der Waals surface area (Å²) in [6.45, 7) is 10.6. The summed E-state index contributed by atoms with van der Waals surface area (Å²) in [4.78, 5) is 27.7. The van der Waals surface area contributed by atoms with Crippen LogP contribution in [0.25, 0.3) is 0 Å². The van der Waals surface area contributed by atoms with Gasteiger partial charge in [-0.05, 0) is 26.2 Å². The molecule has 1 aliphatic rings. The minimum atomic E-state index is -0.301. The second-order valence-corrected chi connectivity index (χ2v) is 6.85. The van der Waals surface area contributed by atoms with Crippen molar-refractivity contribution >= 4 is 11.8 Å². The Balaban J connectivity index is 2.34. The average Bonchev–Trinajstić information content (AvgIpc) is 2.34. The summed E-state index contributed by atoms with van der Waals surface area (Å²) in [6.07, 6.45) is 1.77. The summed E-state index contributed by atoms with van der Waals surface area (Å²) >= 11 is 0. The summed E-state index contributed by atoms with van der Waals surface area (Å²) in [5, 5.41) is 0. The summed E-state index contributed by atoms with van der Waals surface area (Å²) in [5.74, 6) is 0.739. The van der Waals surface area contributed by atoms with Crippen molar-refractivity contribution in [3.63, 3.8) is 0 Å². The average molecular weight is 283 g/mol. The van der Waals surface area contributed by atoms with E-state index in [1.165, 1.54) is 0 Å². The van der Waals surface area contributed by atoms with Gasteiger partial charge >= 0.3 is 0 Å². The Morgan fingerprint density at radius 1 is 1.05 bits per heavy atom. The van der Waals surface area contributed by atoms with Gasteiger partial charge in [-0.25, -0.2) is 0 Å². The Morgan fingerprint density at radius 2 is 1.50 bits per heavy atom. The van der Waals surface area contributed by atoms with Crippen molar-refractivity contribution in [2.75, 3.05) is 26.2 Å². The number of carbonyl (C=O) groups is 2. The third-order valence-corrected chi connectivity index (χ3v) is 3.55. The van der Waals surface area contributed by atoms with Crippen LogP contribution in [0.1, 0.15) is 47.0 Å². The van der Waals surface area contributed by atoms with E-state index in [-0.39, 0.29) is 17.4 Å². The summed E-state index contributed by atoms with van der Waals surface area (Å²) < 4.78 is 0. The Morgan fingerprint density at radius 3 is 1.90 bits per heavy atom. The maximum absolute atomic E-state index is 12.1. The fourth-order valence-corrected chi connectivity index (χ4v) is 2.27. The summed E-state index contributed by atoms with van der Waals surface area (Å²) in [5.41, 5.74) is 5.60. The van der Waals surface area contributed by atoms with Crippen molar-refractivity contribution in [2.24, 2.45) is 11.7 Å². The van der Waals surface area contributed by atoms with E-state index in [1.807, 2.05) is 37.5 Å². The zero-order valence-corrected chi connectivity index (χ0v) is 13.3. The number of hydrogen-bond acceptors (Lipinski definition) is 3. The van der Waals surface area contributed by atoms with Crippen molar-refractivity contribution in [3.8, 4) is 0 Å². The number of rotatable bonds is 5. The number of amides is 2. The molecule has 0 aliphatic carbocycles. The Kier molecular flexibility index (Phi) is 5.99. The van der Waals surface area contributed by atoms with E-state index in [2.05, 4.69) is 0 Å². The standard InChI is InChI=1S/C15H29N3O2/c1-12(2)11-14(20)18-9-7-17(8-10-18)13(19)5-6-15(3,4)16/h12H,5-11,16H2,1-4H3. The van der Waals surface area contributed by atoms with Crippen LogP contribution in [0.3, 0.4) is 0 Å². The van der Waals surface area contributed by atoms with Crippen molar-refractivity contribution in [2.45, 2.75) is 52.5 Å². The molecule has 0 radical (unpaired) electrons. The predicted octanol–water partition coefficient (Wildman–Crippen LogP) is 1.22. The van der Waals surface area contributed by atoms with Crippen LogP contribution in [0.15, 0.2) is 0 Å². The molecule has 116 valence electrons. The van der Waals surface area contributed by atoms with E-state index in [4.69, 9.17) is 5.73 Å². The van der Waals surface area contributed by atoms with Gasteiger partial charge in [-0.1, -0.05) is 13.8 Å². The Labute approximate surface area is 122 Å². The van der Waals surface area contributed by atoms with Crippen LogP contribution in [-0.2, 0) is 9.59 Å². The zero-order chi connectivity index (χ0) is 15.3. The van der Waals surface area contributed by atoms with Gasteiger partial charge in [-0.3, -0.25) is 9.59 Å². The molecule has 0 aromatic heterocycles. The van der Waals surface area contributed by atoms with Crippen LogP contribution in [-0.4, -0.2) is 53.3 Å². The lowest BCUT2D eigenvalue weighted by molar-refractivity contribution is -0.140. The molecule has 1 saturated heterocycles. The van der Waals surface area contributed by atoms with E-state index in [9.17, 15) is 9.59 Å². The van der Waals surface area contributed by atoms with Gasteiger partial charge < -0.3 is 15.5 Å². The molecule has 1 fully saturated rings. The van der Waals surface area contributed by atoms with Crippen LogP contribution < -0.4 is 5.73 Å². The smallest absolute Gasteiger partial charge is 0.222 e. The number of nitrogens with zero attached hydrogens (tertiary/aromatic N) is 2. The molecule has 1 aliphatic heterocycles. The quantitative estimate of drug-likeness (QED) is 0.825. The van der Waals surface area contributed by atoms with Gasteiger partial charge in [0.2, 0.25) is 11.8 Å². The van der Waals surface area contributed by atoms with Gasteiger partial charge in [-0.2, -0.15) is 0 Å². The number of nitrogens with two attached hydrogens (primary N) is 1. The molecule has 1 heterocycles. The van der Waals surface area contributed by atoms with Gasteiger partial charge in [0.1, 0.15) is 0 Å². The first kappa shape index (κ1) is 17.0. The molecule has 5 heteroatoms. The molecule has 0 saturated carbocycles. The molecular formula is C15H29N3O2. The minimum Gasteiger partial charge on any atom is -0.339 e.